The first-order valence-electron chi connectivity index (χ1n) is 7.91. The highest BCUT2D eigenvalue weighted by Gasteiger charge is 2.23. The molecule has 144 valence electrons. The first-order valence-corrected chi connectivity index (χ1v) is 9.73. The zero-order valence-corrected chi connectivity index (χ0v) is 15.1. The lowest BCUT2D eigenvalue weighted by molar-refractivity contribution is 0.170. The fourth-order valence-electron chi connectivity index (χ4n) is 2.64. The van der Waals surface area contributed by atoms with Gasteiger partial charge in [0.2, 0.25) is 0 Å². The van der Waals surface area contributed by atoms with E-state index in [1.165, 1.54) is 24.1 Å². The van der Waals surface area contributed by atoms with Gasteiger partial charge in [-0.1, -0.05) is 11.3 Å². The van der Waals surface area contributed by atoms with Crippen LogP contribution in [0, 0.1) is 11.6 Å². The molecule has 2 aromatic rings. The van der Waals surface area contributed by atoms with Crippen molar-refractivity contribution < 1.29 is 26.7 Å². The van der Waals surface area contributed by atoms with Crippen LogP contribution >= 0.6 is 0 Å². The smallest absolute Gasteiger partial charge is 0.407 e. The van der Waals surface area contributed by atoms with Crippen LogP contribution in [0.1, 0.15) is 17.7 Å². The molecule has 3 rings (SSSR count). The molecule has 2 heterocycles. The Bertz CT molecular complexity index is 994. The van der Waals surface area contributed by atoms with Crippen LogP contribution in [0.4, 0.5) is 13.6 Å². The summed E-state index contributed by atoms with van der Waals surface area (Å²) in [6.07, 6.45) is 2.17. The van der Waals surface area contributed by atoms with E-state index in [0.29, 0.717) is 11.3 Å². The second-order valence-corrected chi connectivity index (χ2v) is 8.11. The highest BCUT2D eigenvalue weighted by molar-refractivity contribution is 7.91. The quantitative estimate of drug-likeness (QED) is 0.839. The number of hydrogen-bond acceptors (Lipinski definition) is 6. The van der Waals surface area contributed by atoms with E-state index < -0.39 is 27.6 Å². The molecule has 0 bridgehead atoms. The molecule has 1 aliphatic rings. The number of rotatable bonds is 4. The minimum absolute atomic E-state index is 0.0388. The molecule has 0 atom stereocenters. The predicted octanol–water partition coefficient (Wildman–Crippen LogP) is 1.60. The van der Waals surface area contributed by atoms with Gasteiger partial charge >= 0.3 is 6.09 Å². The molecular formula is C16H16F2N4O4S. The minimum atomic E-state index is -3.19. The number of ether oxygens (including phenoxy) is 1. The van der Waals surface area contributed by atoms with Crippen molar-refractivity contribution in [2.45, 2.75) is 13.0 Å². The Hall–Kier alpha value is -2.82. The van der Waals surface area contributed by atoms with E-state index in [1.807, 2.05) is 0 Å². The van der Waals surface area contributed by atoms with E-state index in [1.54, 1.807) is 0 Å². The molecule has 1 aromatic heterocycles. The third-order valence-electron chi connectivity index (χ3n) is 4.02. The van der Waals surface area contributed by atoms with E-state index in [2.05, 4.69) is 20.4 Å². The normalized spacial score (nSPS) is 15.9. The van der Waals surface area contributed by atoms with Crippen molar-refractivity contribution >= 4 is 21.5 Å². The average molecular weight is 398 g/mol. The SMILES string of the molecule is COC(=O)NCc1cn(-c2cc(F)c(C3=CCS(=O)(=O)CC3)c(F)c2)nn1. The van der Waals surface area contributed by atoms with Crippen molar-refractivity contribution in [2.75, 3.05) is 18.6 Å². The van der Waals surface area contributed by atoms with Crippen LogP contribution in [-0.2, 0) is 21.1 Å². The molecular weight excluding hydrogens is 382 g/mol. The predicted molar refractivity (Wildman–Crippen MR) is 91.8 cm³/mol. The van der Waals surface area contributed by atoms with Crippen molar-refractivity contribution in [3.05, 3.63) is 47.3 Å². The molecule has 0 saturated heterocycles. The Morgan fingerprint density at radius 3 is 2.63 bits per heavy atom. The zero-order valence-electron chi connectivity index (χ0n) is 14.3. The number of methoxy groups -OCH3 is 1. The standard InChI is InChI=1S/C16H16F2N4O4S/c1-26-16(23)19-8-11-9-22(21-20-11)12-6-13(17)15(14(18)7-12)10-2-4-27(24,25)5-3-10/h2,6-7,9H,3-5,8H2,1H3,(H,19,23). The number of nitrogens with one attached hydrogen (secondary N) is 1. The van der Waals surface area contributed by atoms with Gasteiger partial charge in [0, 0.05) is 17.7 Å². The summed E-state index contributed by atoms with van der Waals surface area (Å²) in [5.74, 6) is -2.01. The monoisotopic (exact) mass is 398 g/mol. The van der Waals surface area contributed by atoms with E-state index in [0.717, 1.165) is 12.1 Å². The first kappa shape index (κ1) is 19.0. The van der Waals surface area contributed by atoms with E-state index in [-0.39, 0.29) is 35.7 Å². The second-order valence-electron chi connectivity index (χ2n) is 5.88. The number of benzene rings is 1. The van der Waals surface area contributed by atoms with E-state index in [9.17, 15) is 22.0 Å². The molecule has 0 saturated carbocycles. The third-order valence-corrected chi connectivity index (χ3v) is 5.52. The number of hydrogen-bond donors (Lipinski definition) is 1. The zero-order chi connectivity index (χ0) is 19.6. The van der Waals surface area contributed by atoms with Gasteiger partial charge in [0.15, 0.2) is 9.84 Å². The van der Waals surface area contributed by atoms with Gasteiger partial charge in [-0.2, -0.15) is 0 Å². The number of nitrogens with zero attached hydrogens (tertiary/aromatic N) is 3. The van der Waals surface area contributed by atoms with Crippen LogP contribution in [0.25, 0.3) is 11.3 Å². The van der Waals surface area contributed by atoms with Gasteiger partial charge in [-0.3, -0.25) is 0 Å². The van der Waals surface area contributed by atoms with Gasteiger partial charge in [-0.25, -0.2) is 26.7 Å². The Kier molecular flexibility index (Phi) is 5.22. The molecule has 11 heteroatoms. The number of aromatic nitrogens is 3. The van der Waals surface area contributed by atoms with Gasteiger partial charge in [0.05, 0.1) is 37.0 Å². The summed E-state index contributed by atoms with van der Waals surface area (Å²) in [6.45, 7) is 0.0388. The molecule has 0 fully saturated rings. The number of sulfone groups is 1. The summed E-state index contributed by atoms with van der Waals surface area (Å²) in [5.41, 5.74) is 0.564. The molecule has 0 radical (unpaired) electrons. The highest BCUT2D eigenvalue weighted by Crippen LogP contribution is 2.29. The summed E-state index contributed by atoms with van der Waals surface area (Å²) in [5, 5.41) is 10.0. The summed E-state index contributed by atoms with van der Waals surface area (Å²) >= 11 is 0. The van der Waals surface area contributed by atoms with Crippen molar-refractivity contribution in [1.29, 1.82) is 0 Å². The Morgan fingerprint density at radius 1 is 1.33 bits per heavy atom. The van der Waals surface area contributed by atoms with Crippen LogP contribution < -0.4 is 5.32 Å². The molecule has 1 amide bonds. The van der Waals surface area contributed by atoms with Gasteiger partial charge in [-0.15, -0.1) is 5.10 Å². The molecule has 1 aromatic carbocycles. The van der Waals surface area contributed by atoms with Crippen molar-refractivity contribution in [3.63, 3.8) is 0 Å². The van der Waals surface area contributed by atoms with Gasteiger partial charge < -0.3 is 10.1 Å². The molecule has 27 heavy (non-hydrogen) atoms. The van der Waals surface area contributed by atoms with Crippen molar-refractivity contribution in [2.24, 2.45) is 0 Å². The number of halogens is 2. The molecule has 0 spiro atoms. The molecule has 0 aliphatic carbocycles. The van der Waals surface area contributed by atoms with Crippen molar-refractivity contribution in [3.8, 4) is 5.69 Å². The molecule has 0 unspecified atom stereocenters. The molecule has 1 aliphatic heterocycles. The maximum absolute atomic E-state index is 14.5. The maximum Gasteiger partial charge on any atom is 0.407 e. The fraction of sp³-hybridized carbons (Fsp3) is 0.312. The van der Waals surface area contributed by atoms with Crippen LogP contribution in [0.5, 0.6) is 0 Å². The average Bonchev–Trinajstić information content (AvgIpc) is 3.09. The molecule has 1 N–H and O–H groups in total. The number of alkyl carbamates (subject to hydrolysis) is 1. The maximum atomic E-state index is 14.5. The van der Waals surface area contributed by atoms with Crippen LogP contribution in [0.3, 0.4) is 0 Å². The number of carbonyl (C=O) groups is 1. The summed E-state index contributed by atoms with van der Waals surface area (Å²) in [6, 6.07) is 2.18. The van der Waals surface area contributed by atoms with E-state index >= 15 is 0 Å². The highest BCUT2D eigenvalue weighted by atomic mass is 32.2. The largest absolute Gasteiger partial charge is 0.453 e. The summed E-state index contributed by atoms with van der Waals surface area (Å²) in [4.78, 5) is 11.0. The van der Waals surface area contributed by atoms with Gasteiger partial charge in [-0.05, 0) is 12.0 Å². The Morgan fingerprint density at radius 2 is 2.04 bits per heavy atom. The minimum Gasteiger partial charge on any atom is -0.453 e. The van der Waals surface area contributed by atoms with E-state index in [4.69, 9.17) is 0 Å². The lowest BCUT2D eigenvalue weighted by Crippen LogP contribution is -2.22. The van der Waals surface area contributed by atoms with Gasteiger partial charge in [0.25, 0.3) is 0 Å². The van der Waals surface area contributed by atoms with Gasteiger partial charge in [0.1, 0.15) is 17.3 Å². The molecule has 8 nitrogen and oxygen atoms in total. The Balaban J connectivity index is 1.84. The van der Waals surface area contributed by atoms with Crippen LogP contribution in [0.2, 0.25) is 0 Å². The van der Waals surface area contributed by atoms with Crippen molar-refractivity contribution in [1.82, 2.24) is 20.3 Å². The lowest BCUT2D eigenvalue weighted by Gasteiger charge is -2.15. The van der Waals surface area contributed by atoms with Crippen LogP contribution in [-0.4, -0.2) is 48.1 Å². The third kappa shape index (κ3) is 4.30. The lowest BCUT2D eigenvalue weighted by atomic mass is 10.0. The van der Waals surface area contributed by atoms with Crippen LogP contribution in [0.15, 0.2) is 24.4 Å². The number of carbonyl (C=O) groups excluding carboxylic acids is 1. The Labute approximate surface area is 153 Å². The second kappa shape index (κ2) is 7.43. The summed E-state index contributed by atoms with van der Waals surface area (Å²) < 4.78 is 57.6. The summed E-state index contributed by atoms with van der Waals surface area (Å²) in [7, 11) is -1.98. The fourth-order valence-corrected chi connectivity index (χ4v) is 3.80. The number of allylic oxidation sites excluding steroid dienone is 1. The first-order chi connectivity index (χ1) is 12.8. The number of amides is 1. The topological polar surface area (TPSA) is 103 Å².